The summed E-state index contributed by atoms with van der Waals surface area (Å²) < 4.78 is 15.4. The molecule has 0 radical (unpaired) electrons. The number of thiophene rings is 1. The maximum Gasteiger partial charge on any atom is 0.129 e. The number of hydrogen-bond donors (Lipinski definition) is 1. The zero-order chi connectivity index (χ0) is 12.6. The average molecular weight is 355 g/mol. The summed E-state index contributed by atoms with van der Waals surface area (Å²) in [5.74, 6) is -0.370. The minimum Gasteiger partial charge on any atom is -0.320 e. The second-order valence-electron chi connectivity index (χ2n) is 3.42. The van der Waals surface area contributed by atoms with Gasteiger partial charge in [-0.25, -0.2) is 4.39 Å². The summed E-state index contributed by atoms with van der Waals surface area (Å²) in [6.07, 6.45) is 0. The minimum absolute atomic E-state index is 0.370. The van der Waals surface area contributed by atoms with E-state index in [1.165, 1.54) is 17.4 Å². The summed E-state index contributed by atoms with van der Waals surface area (Å²) in [6.45, 7) is 0. The molecule has 0 bridgehead atoms. The second-order valence-corrected chi connectivity index (χ2v) is 6.62. The van der Waals surface area contributed by atoms with E-state index in [2.05, 4.69) is 15.9 Å². The first-order valence-electron chi connectivity index (χ1n) is 4.64. The highest BCUT2D eigenvalue weighted by Crippen LogP contribution is 2.37. The van der Waals surface area contributed by atoms with E-state index in [1.807, 2.05) is 0 Å². The lowest BCUT2D eigenvalue weighted by Gasteiger charge is -2.12. The lowest BCUT2D eigenvalue weighted by molar-refractivity contribution is 0.599. The third-order valence-electron chi connectivity index (χ3n) is 2.32. The molecule has 0 amide bonds. The van der Waals surface area contributed by atoms with Gasteiger partial charge in [0.05, 0.1) is 14.7 Å². The van der Waals surface area contributed by atoms with Gasteiger partial charge < -0.3 is 5.73 Å². The Balaban J connectivity index is 2.43. The van der Waals surface area contributed by atoms with Gasteiger partial charge in [-0.05, 0) is 18.2 Å². The van der Waals surface area contributed by atoms with Gasteiger partial charge in [0, 0.05) is 15.6 Å². The van der Waals surface area contributed by atoms with Crippen LogP contribution >= 0.6 is 50.5 Å². The van der Waals surface area contributed by atoms with Gasteiger partial charge in [-0.3, -0.25) is 0 Å². The van der Waals surface area contributed by atoms with Gasteiger partial charge in [0.1, 0.15) is 5.82 Å². The highest BCUT2D eigenvalue weighted by Gasteiger charge is 2.18. The van der Waals surface area contributed by atoms with Crippen LogP contribution in [-0.2, 0) is 0 Å². The molecule has 17 heavy (non-hydrogen) atoms. The molecule has 1 nitrogen and oxygen atoms in total. The maximum atomic E-state index is 13.7. The van der Waals surface area contributed by atoms with Crippen LogP contribution in [0.1, 0.15) is 17.2 Å². The molecule has 6 heteroatoms. The van der Waals surface area contributed by atoms with Crippen molar-refractivity contribution >= 4 is 50.5 Å². The molecule has 2 aromatic rings. The van der Waals surface area contributed by atoms with E-state index in [0.717, 1.165) is 0 Å². The third-order valence-corrected chi connectivity index (χ3v) is 4.33. The van der Waals surface area contributed by atoms with E-state index >= 15 is 0 Å². The standard InChI is InChI=1S/C11H7BrCl2FNS/c12-5-1-2-6(8(15)3-5)10(16)7-4-9(13)17-11(7)14/h1-4,10H,16H2. The zero-order valence-corrected chi connectivity index (χ0v) is 12.3. The number of benzene rings is 1. The van der Waals surface area contributed by atoms with Gasteiger partial charge in [-0.15, -0.1) is 11.3 Å². The van der Waals surface area contributed by atoms with E-state index in [-0.39, 0.29) is 5.82 Å². The van der Waals surface area contributed by atoms with Crippen LogP contribution in [0.4, 0.5) is 4.39 Å². The summed E-state index contributed by atoms with van der Waals surface area (Å²) >= 11 is 16.2. The third kappa shape index (κ3) is 2.83. The van der Waals surface area contributed by atoms with E-state index < -0.39 is 6.04 Å². The van der Waals surface area contributed by atoms with Gasteiger partial charge in [-0.1, -0.05) is 45.2 Å². The fourth-order valence-corrected chi connectivity index (χ4v) is 3.37. The van der Waals surface area contributed by atoms with Crippen LogP contribution in [0.5, 0.6) is 0 Å². The molecule has 1 unspecified atom stereocenters. The van der Waals surface area contributed by atoms with Crippen molar-refractivity contribution in [1.29, 1.82) is 0 Å². The first-order valence-corrected chi connectivity index (χ1v) is 7.01. The normalized spacial score (nSPS) is 12.8. The van der Waals surface area contributed by atoms with Crippen molar-refractivity contribution in [2.24, 2.45) is 5.73 Å². The summed E-state index contributed by atoms with van der Waals surface area (Å²) in [4.78, 5) is 0. The van der Waals surface area contributed by atoms with E-state index in [4.69, 9.17) is 28.9 Å². The smallest absolute Gasteiger partial charge is 0.129 e. The predicted molar refractivity (Wildman–Crippen MR) is 74.5 cm³/mol. The number of halogens is 4. The molecule has 90 valence electrons. The quantitative estimate of drug-likeness (QED) is 0.806. The van der Waals surface area contributed by atoms with Crippen molar-refractivity contribution < 1.29 is 4.39 Å². The monoisotopic (exact) mass is 353 g/mol. The SMILES string of the molecule is NC(c1ccc(Br)cc1F)c1cc(Cl)sc1Cl. The Morgan fingerprint density at radius 2 is 1.94 bits per heavy atom. The highest BCUT2D eigenvalue weighted by atomic mass is 79.9. The Morgan fingerprint density at radius 1 is 1.24 bits per heavy atom. The Morgan fingerprint density at radius 3 is 2.47 bits per heavy atom. The fraction of sp³-hybridized carbons (Fsp3) is 0.0909. The molecule has 0 aliphatic rings. The van der Waals surface area contributed by atoms with Crippen LogP contribution in [-0.4, -0.2) is 0 Å². The molecule has 0 fully saturated rings. The molecule has 2 N–H and O–H groups in total. The topological polar surface area (TPSA) is 26.0 Å². The summed E-state index contributed by atoms with van der Waals surface area (Å²) in [5, 5.41) is 0. The lowest BCUT2D eigenvalue weighted by atomic mass is 10.0. The summed E-state index contributed by atoms with van der Waals surface area (Å²) in [5.41, 5.74) is 7.02. The van der Waals surface area contributed by atoms with Crippen molar-refractivity contribution in [1.82, 2.24) is 0 Å². The lowest BCUT2D eigenvalue weighted by Crippen LogP contribution is -2.13. The van der Waals surface area contributed by atoms with Crippen molar-refractivity contribution in [3.63, 3.8) is 0 Å². The van der Waals surface area contributed by atoms with E-state index in [1.54, 1.807) is 18.2 Å². The largest absolute Gasteiger partial charge is 0.320 e. The number of hydrogen-bond acceptors (Lipinski definition) is 2. The molecule has 0 aliphatic carbocycles. The molecule has 2 rings (SSSR count). The fourth-order valence-electron chi connectivity index (χ4n) is 1.49. The van der Waals surface area contributed by atoms with Crippen LogP contribution in [0.25, 0.3) is 0 Å². The van der Waals surface area contributed by atoms with Gasteiger partial charge in [0.25, 0.3) is 0 Å². The molecule has 0 saturated carbocycles. The highest BCUT2D eigenvalue weighted by molar-refractivity contribution is 9.10. The Hall–Kier alpha value is -0.130. The van der Waals surface area contributed by atoms with E-state index in [0.29, 0.717) is 24.3 Å². The predicted octanol–water partition coefficient (Wildman–Crippen LogP) is 5.00. The molecule has 1 atom stereocenters. The Labute approximate surface area is 120 Å². The first-order chi connectivity index (χ1) is 7.99. The van der Waals surface area contributed by atoms with E-state index in [9.17, 15) is 4.39 Å². The minimum atomic E-state index is -0.612. The first kappa shape index (κ1) is 13.3. The van der Waals surface area contributed by atoms with Crippen LogP contribution in [0.15, 0.2) is 28.7 Å². The summed E-state index contributed by atoms with van der Waals surface area (Å²) in [6, 6.07) is 5.79. The molecule has 1 aromatic carbocycles. The molecular weight excluding hydrogens is 348 g/mol. The van der Waals surface area contributed by atoms with Crippen molar-refractivity contribution in [3.05, 3.63) is 54.4 Å². The molecule has 1 aromatic heterocycles. The second kappa shape index (κ2) is 5.24. The van der Waals surface area contributed by atoms with Crippen LogP contribution < -0.4 is 5.73 Å². The average Bonchev–Trinajstić information content (AvgIpc) is 2.57. The van der Waals surface area contributed by atoms with Crippen molar-refractivity contribution in [2.45, 2.75) is 6.04 Å². The Kier molecular flexibility index (Phi) is 4.10. The molecule has 0 saturated heterocycles. The summed E-state index contributed by atoms with van der Waals surface area (Å²) in [7, 11) is 0. The molecule has 0 aliphatic heterocycles. The zero-order valence-electron chi connectivity index (χ0n) is 8.38. The van der Waals surface area contributed by atoms with Crippen molar-refractivity contribution in [3.8, 4) is 0 Å². The Bertz CT molecular complexity index is 558. The van der Waals surface area contributed by atoms with Crippen LogP contribution in [0, 0.1) is 5.82 Å². The van der Waals surface area contributed by atoms with Crippen LogP contribution in [0.2, 0.25) is 8.67 Å². The van der Waals surface area contributed by atoms with Crippen molar-refractivity contribution in [2.75, 3.05) is 0 Å². The number of nitrogens with two attached hydrogens (primary N) is 1. The molecule has 0 spiro atoms. The van der Waals surface area contributed by atoms with Crippen LogP contribution in [0.3, 0.4) is 0 Å². The van der Waals surface area contributed by atoms with Gasteiger partial charge in [0.2, 0.25) is 0 Å². The molecule has 1 heterocycles. The number of rotatable bonds is 2. The molecular formula is C11H7BrCl2FNS. The van der Waals surface area contributed by atoms with Gasteiger partial charge in [-0.2, -0.15) is 0 Å². The van der Waals surface area contributed by atoms with Gasteiger partial charge in [0.15, 0.2) is 0 Å². The maximum absolute atomic E-state index is 13.7. The van der Waals surface area contributed by atoms with Gasteiger partial charge >= 0.3 is 0 Å².